The van der Waals surface area contributed by atoms with E-state index in [0.29, 0.717) is 30.9 Å². The molecule has 0 radical (unpaired) electrons. The lowest BCUT2D eigenvalue weighted by Gasteiger charge is -2.36. The summed E-state index contributed by atoms with van der Waals surface area (Å²) in [4.78, 5) is 6.89. The lowest BCUT2D eigenvalue weighted by molar-refractivity contribution is 0.123. The van der Waals surface area contributed by atoms with Crippen molar-refractivity contribution in [2.24, 2.45) is 0 Å². The van der Waals surface area contributed by atoms with Crippen molar-refractivity contribution in [3.63, 3.8) is 0 Å². The summed E-state index contributed by atoms with van der Waals surface area (Å²) in [7, 11) is 1.64. The molecule has 0 bridgehead atoms. The Morgan fingerprint density at radius 1 is 1.30 bits per heavy atom. The molecule has 1 unspecified atom stereocenters. The number of benzene rings is 1. The monoisotopic (exact) mass is 315 g/mol. The summed E-state index contributed by atoms with van der Waals surface area (Å²) in [5.41, 5.74) is 4.18. The zero-order chi connectivity index (χ0) is 16.2. The van der Waals surface area contributed by atoms with Crippen LogP contribution in [0.3, 0.4) is 0 Å². The third-order valence-electron chi connectivity index (χ3n) is 4.74. The molecule has 5 heteroatoms. The largest absolute Gasteiger partial charge is 0.377 e. The molecule has 3 rings (SSSR count). The minimum atomic E-state index is 0.393. The van der Waals surface area contributed by atoms with Gasteiger partial charge in [0, 0.05) is 13.2 Å². The van der Waals surface area contributed by atoms with Gasteiger partial charge in [0.15, 0.2) is 5.82 Å². The fraction of sp³-hybridized carbons (Fsp3) is 0.556. The lowest BCUT2D eigenvalue weighted by Crippen LogP contribution is -2.33. The highest BCUT2D eigenvalue weighted by Crippen LogP contribution is 2.34. The van der Waals surface area contributed by atoms with Crippen LogP contribution < -0.4 is 0 Å². The topological polar surface area (TPSA) is 51.4 Å². The number of hydrogen-bond donors (Lipinski definition) is 0. The predicted octanol–water partition coefficient (Wildman–Crippen LogP) is 3.56. The van der Waals surface area contributed by atoms with E-state index in [0.717, 1.165) is 6.54 Å². The third kappa shape index (κ3) is 3.62. The molecule has 0 amide bonds. The van der Waals surface area contributed by atoms with E-state index in [2.05, 4.69) is 47.1 Å². The molecule has 124 valence electrons. The van der Waals surface area contributed by atoms with Crippen LogP contribution in [0.25, 0.3) is 0 Å². The Hall–Kier alpha value is -1.72. The molecule has 0 spiro atoms. The summed E-state index contributed by atoms with van der Waals surface area (Å²) in [5.74, 6) is 1.29. The van der Waals surface area contributed by atoms with Gasteiger partial charge in [0.05, 0.1) is 6.54 Å². The number of aryl methyl sites for hydroxylation is 1. The minimum absolute atomic E-state index is 0.393. The quantitative estimate of drug-likeness (QED) is 0.844. The van der Waals surface area contributed by atoms with Gasteiger partial charge in [-0.25, -0.2) is 0 Å². The maximum Gasteiger partial charge on any atom is 0.240 e. The Kier molecular flexibility index (Phi) is 5.08. The van der Waals surface area contributed by atoms with E-state index in [4.69, 9.17) is 9.26 Å². The smallest absolute Gasteiger partial charge is 0.240 e. The van der Waals surface area contributed by atoms with E-state index in [1.165, 1.54) is 36.0 Å². The molecular weight excluding hydrogens is 290 g/mol. The first-order valence-electron chi connectivity index (χ1n) is 8.29. The number of ether oxygens (including phenoxy) is 1. The highest BCUT2D eigenvalue weighted by Gasteiger charge is 2.27. The van der Waals surface area contributed by atoms with Crippen molar-refractivity contribution in [2.45, 2.75) is 52.3 Å². The van der Waals surface area contributed by atoms with E-state index in [1.807, 2.05) is 0 Å². The van der Waals surface area contributed by atoms with E-state index >= 15 is 0 Å². The number of nitrogens with zero attached hydrogens (tertiary/aromatic N) is 3. The van der Waals surface area contributed by atoms with Gasteiger partial charge in [0.25, 0.3) is 0 Å². The number of hydrogen-bond acceptors (Lipinski definition) is 5. The second-order valence-electron chi connectivity index (χ2n) is 6.31. The van der Waals surface area contributed by atoms with E-state index in [9.17, 15) is 0 Å². The Morgan fingerprint density at radius 2 is 2.17 bits per heavy atom. The van der Waals surface area contributed by atoms with Gasteiger partial charge in [0.2, 0.25) is 5.89 Å². The number of aromatic nitrogens is 2. The van der Waals surface area contributed by atoms with E-state index in [1.54, 1.807) is 7.11 Å². The molecular formula is C18H25N3O2. The molecule has 2 heterocycles. The molecule has 1 aromatic carbocycles. The summed E-state index contributed by atoms with van der Waals surface area (Å²) >= 11 is 0. The molecule has 0 saturated carbocycles. The summed E-state index contributed by atoms with van der Waals surface area (Å²) in [6, 6.07) is 7.03. The van der Waals surface area contributed by atoms with Crippen LogP contribution in [-0.2, 0) is 17.9 Å². The molecule has 23 heavy (non-hydrogen) atoms. The number of methoxy groups -OCH3 is 1. The average Bonchev–Trinajstić information content (AvgIpc) is 2.98. The van der Waals surface area contributed by atoms with Crippen LogP contribution in [0.15, 0.2) is 22.7 Å². The molecule has 0 N–H and O–H groups in total. The number of rotatable bonds is 5. The highest BCUT2D eigenvalue weighted by atomic mass is 16.5. The van der Waals surface area contributed by atoms with Gasteiger partial charge in [0.1, 0.15) is 6.61 Å². The fourth-order valence-electron chi connectivity index (χ4n) is 3.38. The van der Waals surface area contributed by atoms with Gasteiger partial charge >= 0.3 is 0 Å². The second-order valence-corrected chi connectivity index (χ2v) is 6.31. The van der Waals surface area contributed by atoms with Crippen LogP contribution in [-0.4, -0.2) is 28.7 Å². The summed E-state index contributed by atoms with van der Waals surface area (Å²) < 4.78 is 10.4. The Balaban J connectivity index is 1.79. The normalized spacial score (nSPS) is 19.2. The van der Waals surface area contributed by atoms with Crippen LogP contribution in [0, 0.1) is 13.8 Å². The molecule has 1 aliphatic heterocycles. The third-order valence-corrected chi connectivity index (χ3v) is 4.74. The maximum absolute atomic E-state index is 5.38. The van der Waals surface area contributed by atoms with Gasteiger partial charge in [-0.2, -0.15) is 4.98 Å². The molecule has 1 aliphatic rings. The maximum atomic E-state index is 5.38. The summed E-state index contributed by atoms with van der Waals surface area (Å²) in [6.07, 6.45) is 3.68. The van der Waals surface area contributed by atoms with Gasteiger partial charge in [-0.3, -0.25) is 4.90 Å². The standard InChI is InChI=1S/C18H25N3O2/c1-13-7-6-8-15(14(13)2)16-9-4-5-10-21(16)11-18-19-17(12-22-3)20-23-18/h6-8,16H,4-5,9-12H2,1-3H3. The fourth-order valence-corrected chi connectivity index (χ4v) is 3.38. The van der Waals surface area contributed by atoms with Crippen molar-refractivity contribution in [3.8, 4) is 0 Å². The van der Waals surface area contributed by atoms with Crippen LogP contribution in [0.4, 0.5) is 0 Å². The Bertz CT molecular complexity index is 653. The van der Waals surface area contributed by atoms with Crippen molar-refractivity contribution >= 4 is 0 Å². The summed E-state index contributed by atoms with van der Waals surface area (Å²) in [6.45, 7) is 6.57. The first-order chi connectivity index (χ1) is 11.2. The van der Waals surface area contributed by atoms with Crippen molar-refractivity contribution in [3.05, 3.63) is 46.6 Å². The molecule has 5 nitrogen and oxygen atoms in total. The Morgan fingerprint density at radius 3 is 3.00 bits per heavy atom. The van der Waals surface area contributed by atoms with Crippen molar-refractivity contribution in [1.82, 2.24) is 15.0 Å². The lowest BCUT2D eigenvalue weighted by atomic mass is 9.90. The summed E-state index contributed by atoms with van der Waals surface area (Å²) in [5, 5.41) is 3.96. The second kappa shape index (κ2) is 7.23. The van der Waals surface area contributed by atoms with Gasteiger partial charge in [-0.05, 0) is 49.9 Å². The molecule has 2 aromatic rings. The molecule has 1 fully saturated rings. The van der Waals surface area contributed by atoms with Gasteiger partial charge in [-0.15, -0.1) is 0 Å². The molecule has 1 atom stereocenters. The van der Waals surface area contributed by atoms with Gasteiger partial charge in [-0.1, -0.05) is 29.8 Å². The van der Waals surface area contributed by atoms with Crippen molar-refractivity contribution < 1.29 is 9.26 Å². The zero-order valence-electron chi connectivity index (χ0n) is 14.2. The first kappa shape index (κ1) is 16.1. The zero-order valence-corrected chi connectivity index (χ0v) is 14.2. The molecule has 1 saturated heterocycles. The highest BCUT2D eigenvalue weighted by molar-refractivity contribution is 5.35. The van der Waals surface area contributed by atoms with Crippen molar-refractivity contribution in [1.29, 1.82) is 0 Å². The molecule has 0 aliphatic carbocycles. The van der Waals surface area contributed by atoms with E-state index < -0.39 is 0 Å². The Labute approximate surface area is 137 Å². The average molecular weight is 315 g/mol. The SMILES string of the molecule is COCc1noc(CN2CCCCC2c2cccc(C)c2C)n1. The molecule has 1 aromatic heterocycles. The van der Waals surface area contributed by atoms with Crippen LogP contribution in [0.1, 0.15) is 53.7 Å². The number of likely N-dealkylation sites (tertiary alicyclic amines) is 1. The van der Waals surface area contributed by atoms with E-state index in [-0.39, 0.29) is 0 Å². The predicted molar refractivity (Wildman–Crippen MR) is 87.9 cm³/mol. The van der Waals surface area contributed by atoms with Gasteiger partial charge < -0.3 is 9.26 Å². The first-order valence-corrected chi connectivity index (χ1v) is 8.29. The number of piperidine rings is 1. The van der Waals surface area contributed by atoms with Crippen LogP contribution in [0.5, 0.6) is 0 Å². The van der Waals surface area contributed by atoms with Crippen LogP contribution >= 0.6 is 0 Å². The van der Waals surface area contributed by atoms with Crippen molar-refractivity contribution in [2.75, 3.05) is 13.7 Å². The minimum Gasteiger partial charge on any atom is -0.377 e. The van der Waals surface area contributed by atoms with Crippen LogP contribution in [0.2, 0.25) is 0 Å².